The second-order valence-electron chi connectivity index (χ2n) is 4.87. The van der Waals surface area contributed by atoms with Gasteiger partial charge in [0.1, 0.15) is 5.75 Å². The van der Waals surface area contributed by atoms with Gasteiger partial charge in [-0.25, -0.2) is 0 Å². The van der Waals surface area contributed by atoms with Crippen LogP contribution in [0.5, 0.6) is 5.75 Å². The lowest BCUT2D eigenvalue weighted by Gasteiger charge is -2.13. The van der Waals surface area contributed by atoms with E-state index in [1.807, 2.05) is 37.3 Å². The summed E-state index contributed by atoms with van der Waals surface area (Å²) in [6, 6.07) is 24.0. The molecular weight excluding hydrogens is 258 g/mol. The molecule has 3 aromatic rings. The minimum Gasteiger partial charge on any atom is -0.492 e. The van der Waals surface area contributed by atoms with Crippen molar-refractivity contribution in [2.75, 3.05) is 11.9 Å². The van der Waals surface area contributed by atoms with E-state index in [4.69, 9.17) is 4.74 Å². The molecule has 2 heteroatoms. The molecule has 0 saturated carbocycles. The van der Waals surface area contributed by atoms with Crippen LogP contribution in [-0.4, -0.2) is 6.61 Å². The minimum atomic E-state index is 0.645. The van der Waals surface area contributed by atoms with Crippen molar-refractivity contribution in [2.24, 2.45) is 0 Å². The summed E-state index contributed by atoms with van der Waals surface area (Å²) in [6.07, 6.45) is 0. The molecule has 0 spiro atoms. The van der Waals surface area contributed by atoms with E-state index in [2.05, 4.69) is 41.7 Å². The lowest BCUT2D eigenvalue weighted by molar-refractivity contribution is 0.342. The summed E-state index contributed by atoms with van der Waals surface area (Å²) >= 11 is 0. The number of rotatable bonds is 5. The fourth-order valence-electron chi connectivity index (χ4n) is 2.33. The lowest BCUT2D eigenvalue weighted by atomic mass is 10.1. The first-order valence-electron chi connectivity index (χ1n) is 7.22. The summed E-state index contributed by atoms with van der Waals surface area (Å²) in [7, 11) is 0. The average Bonchev–Trinajstić information content (AvgIpc) is 2.54. The average molecular weight is 276 g/mol. The highest BCUT2D eigenvalue weighted by atomic mass is 16.5. The summed E-state index contributed by atoms with van der Waals surface area (Å²) in [6.45, 7) is 3.40. The Labute approximate surface area is 125 Å². The Morgan fingerprint density at radius 2 is 1.76 bits per heavy atom. The fourth-order valence-corrected chi connectivity index (χ4v) is 2.33. The standard InChI is InChI=1S/C19H18NO/c1-2-21-19-13-17-11-7-6-10-16(17)12-18(19)20-14-15-8-4-3-5-9-15/h3-11,13,20H,2,14H2,1H3. The molecule has 0 aliphatic heterocycles. The molecule has 3 aromatic carbocycles. The molecule has 21 heavy (non-hydrogen) atoms. The van der Waals surface area contributed by atoms with E-state index in [1.165, 1.54) is 5.56 Å². The summed E-state index contributed by atoms with van der Waals surface area (Å²) in [5.74, 6) is 0.854. The van der Waals surface area contributed by atoms with Crippen LogP contribution in [0.2, 0.25) is 0 Å². The maximum absolute atomic E-state index is 5.74. The summed E-state index contributed by atoms with van der Waals surface area (Å²) < 4.78 is 5.74. The maximum atomic E-state index is 5.74. The number of ether oxygens (including phenoxy) is 1. The maximum Gasteiger partial charge on any atom is 0.143 e. The van der Waals surface area contributed by atoms with E-state index in [0.717, 1.165) is 28.8 Å². The van der Waals surface area contributed by atoms with Crippen molar-refractivity contribution in [1.29, 1.82) is 0 Å². The molecule has 0 saturated heterocycles. The Morgan fingerprint density at radius 3 is 2.57 bits per heavy atom. The van der Waals surface area contributed by atoms with E-state index >= 15 is 0 Å². The van der Waals surface area contributed by atoms with Crippen molar-refractivity contribution < 1.29 is 4.74 Å². The summed E-state index contributed by atoms with van der Waals surface area (Å²) in [4.78, 5) is 0. The molecule has 105 valence electrons. The van der Waals surface area contributed by atoms with Crippen LogP contribution in [0.4, 0.5) is 5.69 Å². The van der Waals surface area contributed by atoms with Gasteiger partial charge in [0.2, 0.25) is 0 Å². The number of fused-ring (bicyclic) bond motifs is 1. The summed E-state index contributed by atoms with van der Waals surface area (Å²) in [5.41, 5.74) is 2.15. The van der Waals surface area contributed by atoms with Crippen LogP contribution in [0.3, 0.4) is 0 Å². The van der Waals surface area contributed by atoms with Gasteiger partial charge in [0.15, 0.2) is 0 Å². The zero-order valence-corrected chi connectivity index (χ0v) is 12.1. The van der Waals surface area contributed by atoms with Crippen LogP contribution in [0, 0.1) is 6.07 Å². The van der Waals surface area contributed by atoms with Gasteiger partial charge in [-0.05, 0) is 29.3 Å². The van der Waals surface area contributed by atoms with E-state index in [9.17, 15) is 0 Å². The number of hydrogen-bond donors (Lipinski definition) is 1. The van der Waals surface area contributed by atoms with E-state index in [0.29, 0.717) is 6.61 Å². The third kappa shape index (κ3) is 3.16. The first-order valence-corrected chi connectivity index (χ1v) is 7.22. The van der Waals surface area contributed by atoms with Crippen LogP contribution in [-0.2, 0) is 6.54 Å². The Bertz CT molecular complexity index is 722. The van der Waals surface area contributed by atoms with Crippen LogP contribution >= 0.6 is 0 Å². The highest BCUT2D eigenvalue weighted by Crippen LogP contribution is 2.30. The monoisotopic (exact) mass is 276 g/mol. The molecule has 0 aromatic heterocycles. The van der Waals surface area contributed by atoms with Gasteiger partial charge < -0.3 is 10.1 Å². The van der Waals surface area contributed by atoms with E-state index in [-0.39, 0.29) is 0 Å². The third-order valence-corrected chi connectivity index (χ3v) is 3.37. The molecule has 0 heterocycles. The van der Waals surface area contributed by atoms with Crippen molar-refractivity contribution in [3.63, 3.8) is 0 Å². The van der Waals surface area contributed by atoms with Gasteiger partial charge in [0.05, 0.1) is 12.3 Å². The van der Waals surface area contributed by atoms with Gasteiger partial charge >= 0.3 is 0 Å². The van der Waals surface area contributed by atoms with Crippen LogP contribution in [0.1, 0.15) is 12.5 Å². The first kappa shape index (κ1) is 13.5. The number of hydrogen-bond acceptors (Lipinski definition) is 2. The normalized spacial score (nSPS) is 10.5. The zero-order valence-electron chi connectivity index (χ0n) is 12.1. The molecule has 0 atom stereocenters. The predicted molar refractivity (Wildman–Crippen MR) is 87.7 cm³/mol. The minimum absolute atomic E-state index is 0.645. The van der Waals surface area contributed by atoms with Crippen molar-refractivity contribution in [3.05, 3.63) is 72.3 Å². The summed E-state index contributed by atoms with van der Waals surface area (Å²) in [5, 5.41) is 5.66. The molecule has 0 aliphatic rings. The zero-order chi connectivity index (χ0) is 14.5. The molecule has 1 N–H and O–H groups in total. The van der Waals surface area contributed by atoms with Crippen LogP contribution < -0.4 is 10.1 Å². The van der Waals surface area contributed by atoms with Crippen molar-refractivity contribution in [2.45, 2.75) is 13.5 Å². The second kappa shape index (κ2) is 6.31. The first-order chi connectivity index (χ1) is 10.4. The molecule has 0 unspecified atom stereocenters. The molecule has 0 fully saturated rings. The van der Waals surface area contributed by atoms with Crippen molar-refractivity contribution in [3.8, 4) is 5.75 Å². The topological polar surface area (TPSA) is 21.3 Å². The van der Waals surface area contributed by atoms with Gasteiger partial charge in [-0.15, -0.1) is 0 Å². The molecule has 2 nitrogen and oxygen atoms in total. The number of nitrogens with one attached hydrogen (secondary N) is 1. The molecule has 1 radical (unpaired) electrons. The lowest BCUT2D eigenvalue weighted by Crippen LogP contribution is -2.03. The Balaban J connectivity index is 1.90. The predicted octanol–water partition coefficient (Wildman–Crippen LogP) is 4.65. The van der Waals surface area contributed by atoms with E-state index in [1.54, 1.807) is 0 Å². The molecule has 0 bridgehead atoms. The van der Waals surface area contributed by atoms with Gasteiger partial charge in [-0.2, -0.15) is 0 Å². The van der Waals surface area contributed by atoms with E-state index < -0.39 is 0 Å². The van der Waals surface area contributed by atoms with Crippen LogP contribution in [0.15, 0.2) is 60.7 Å². The SMILES string of the molecule is CCOc1cc2ccccc2[c]c1NCc1ccccc1. The third-order valence-electron chi connectivity index (χ3n) is 3.37. The smallest absolute Gasteiger partial charge is 0.143 e. The molecule has 3 rings (SSSR count). The van der Waals surface area contributed by atoms with Gasteiger partial charge in [-0.1, -0.05) is 54.6 Å². The Kier molecular flexibility index (Phi) is 4.06. The van der Waals surface area contributed by atoms with Gasteiger partial charge in [0.25, 0.3) is 0 Å². The number of benzene rings is 3. The second-order valence-corrected chi connectivity index (χ2v) is 4.87. The molecular formula is C19H18NO. The van der Waals surface area contributed by atoms with Crippen molar-refractivity contribution >= 4 is 16.5 Å². The van der Waals surface area contributed by atoms with Crippen molar-refractivity contribution in [1.82, 2.24) is 0 Å². The Hall–Kier alpha value is -2.48. The number of anilines is 1. The highest BCUT2D eigenvalue weighted by Gasteiger charge is 2.06. The molecule has 0 aliphatic carbocycles. The quantitative estimate of drug-likeness (QED) is 0.732. The highest BCUT2D eigenvalue weighted by molar-refractivity contribution is 5.87. The van der Waals surface area contributed by atoms with Gasteiger partial charge in [-0.3, -0.25) is 0 Å². The largest absolute Gasteiger partial charge is 0.492 e. The fraction of sp³-hybridized carbons (Fsp3) is 0.158. The molecule has 0 amide bonds. The Morgan fingerprint density at radius 1 is 1.00 bits per heavy atom. The van der Waals surface area contributed by atoms with Gasteiger partial charge in [0, 0.05) is 12.6 Å². The van der Waals surface area contributed by atoms with Crippen LogP contribution in [0.25, 0.3) is 10.8 Å².